The van der Waals surface area contributed by atoms with Crippen molar-refractivity contribution in [1.82, 2.24) is 0 Å². The molecule has 11 rings (SSSR count). The SMILES string of the molecule is CC1(C)c2ccccc2-c2ccc(N(c3ccc(-c4ccccc4)cc3)c3ccc(-c4ccc5c(c4)[Si](c4ccccc4)(c4ccccc4)c4ccccc4S5)cc3)cc21. The second-order valence-corrected chi connectivity index (χ2v) is 21.3. The standard InChI is InChI=1S/C57H43NSSi/c1-57(2)51-23-13-12-22-49(51)50-36-35-46(39-52(50)57)58(44-31-26-41(27-32-44)40-16-6-3-7-17-40)45-33-28-42(29-34-45)43-30-37-54-56(38-43)60(47-18-8-4-9-19-47,48-20-10-5-11-21-48)55-25-15-14-24-53(55)59-54/h3-39H,1-2H3. The van der Waals surface area contributed by atoms with E-state index in [1.165, 1.54) is 75.0 Å². The van der Waals surface area contributed by atoms with E-state index in [4.69, 9.17) is 0 Å². The van der Waals surface area contributed by atoms with Gasteiger partial charge < -0.3 is 4.90 Å². The highest BCUT2D eigenvalue weighted by atomic mass is 32.2. The Bertz CT molecular complexity index is 2970. The Morgan fingerprint density at radius 2 is 0.850 bits per heavy atom. The van der Waals surface area contributed by atoms with Crippen LogP contribution in [0.25, 0.3) is 33.4 Å². The maximum Gasteiger partial charge on any atom is 0.181 e. The molecule has 1 aliphatic carbocycles. The van der Waals surface area contributed by atoms with Crippen LogP contribution in [-0.4, -0.2) is 8.07 Å². The summed E-state index contributed by atoms with van der Waals surface area (Å²) < 4.78 is 0. The van der Waals surface area contributed by atoms with Crippen LogP contribution in [0.3, 0.4) is 0 Å². The number of nitrogens with zero attached hydrogens (tertiary/aromatic N) is 1. The maximum absolute atomic E-state index is 2.66. The highest BCUT2D eigenvalue weighted by molar-refractivity contribution is 8.00. The van der Waals surface area contributed by atoms with E-state index in [0.717, 1.165) is 17.1 Å². The molecule has 1 aliphatic heterocycles. The van der Waals surface area contributed by atoms with Crippen LogP contribution in [0, 0.1) is 0 Å². The van der Waals surface area contributed by atoms with E-state index in [-0.39, 0.29) is 5.41 Å². The second kappa shape index (κ2) is 14.6. The third-order valence-electron chi connectivity index (χ3n) is 12.8. The maximum atomic E-state index is 2.51. The van der Waals surface area contributed by atoms with Crippen LogP contribution in [0.4, 0.5) is 17.1 Å². The van der Waals surface area contributed by atoms with Gasteiger partial charge in [0.15, 0.2) is 8.07 Å². The minimum absolute atomic E-state index is 0.0993. The summed E-state index contributed by atoms with van der Waals surface area (Å²) in [6.07, 6.45) is 0. The van der Waals surface area contributed by atoms with Crippen LogP contribution in [0.2, 0.25) is 0 Å². The zero-order valence-corrected chi connectivity index (χ0v) is 35.5. The highest BCUT2D eigenvalue weighted by Gasteiger charge is 2.47. The summed E-state index contributed by atoms with van der Waals surface area (Å²) in [5, 5.41) is 5.73. The lowest BCUT2D eigenvalue weighted by Gasteiger charge is -2.40. The molecule has 286 valence electrons. The van der Waals surface area contributed by atoms with E-state index in [2.05, 4.69) is 243 Å². The first-order chi connectivity index (χ1) is 29.5. The van der Waals surface area contributed by atoms with E-state index in [0.29, 0.717) is 0 Å². The number of rotatable bonds is 7. The first-order valence-electron chi connectivity index (χ1n) is 20.8. The van der Waals surface area contributed by atoms with E-state index in [1.54, 1.807) is 0 Å². The Labute approximate surface area is 358 Å². The molecule has 0 aromatic heterocycles. The zero-order chi connectivity index (χ0) is 40.3. The molecule has 0 amide bonds. The van der Waals surface area contributed by atoms with Gasteiger partial charge in [0.05, 0.1) is 0 Å². The van der Waals surface area contributed by atoms with Crippen molar-refractivity contribution < 1.29 is 0 Å². The molecule has 9 aromatic carbocycles. The Morgan fingerprint density at radius 1 is 0.367 bits per heavy atom. The number of hydrogen-bond acceptors (Lipinski definition) is 2. The third kappa shape index (κ3) is 5.84. The monoisotopic (exact) mass is 801 g/mol. The molecule has 2 aliphatic rings. The fourth-order valence-electron chi connectivity index (χ4n) is 9.90. The van der Waals surface area contributed by atoms with E-state index in [1.807, 2.05) is 11.8 Å². The Kier molecular flexibility index (Phi) is 8.84. The zero-order valence-electron chi connectivity index (χ0n) is 33.7. The summed E-state index contributed by atoms with van der Waals surface area (Å²) in [6, 6.07) is 83.7. The van der Waals surface area contributed by atoms with Crippen LogP contribution >= 0.6 is 11.8 Å². The largest absolute Gasteiger partial charge is 0.310 e. The Hall–Kier alpha value is -6.65. The summed E-state index contributed by atoms with van der Waals surface area (Å²) in [7, 11) is -2.66. The summed E-state index contributed by atoms with van der Waals surface area (Å²) in [5.74, 6) is 0. The van der Waals surface area contributed by atoms with Crippen LogP contribution in [0.1, 0.15) is 25.0 Å². The molecule has 0 saturated heterocycles. The number of anilines is 3. The summed E-state index contributed by atoms with van der Waals surface area (Å²) in [5.41, 5.74) is 13.6. The molecular weight excluding hydrogens is 759 g/mol. The molecular formula is C57H43NSSi. The molecule has 1 heterocycles. The summed E-state index contributed by atoms with van der Waals surface area (Å²) >= 11 is 1.91. The minimum Gasteiger partial charge on any atom is -0.310 e. The first-order valence-corrected chi connectivity index (χ1v) is 23.7. The molecule has 0 N–H and O–H groups in total. The Balaban J connectivity index is 1.03. The molecule has 9 aromatic rings. The van der Waals surface area contributed by atoms with Crippen molar-refractivity contribution in [2.45, 2.75) is 29.1 Å². The van der Waals surface area contributed by atoms with Gasteiger partial charge in [0.2, 0.25) is 0 Å². The van der Waals surface area contributed by atoms with Gasteiger partial charge in [0, 0.05) is 32.3 Å². The second-order valence-electron chi connectivity index (χ2n) is 16.5. The van der Waals surface area contributed by atoms with E-state index < -0.39 is 8.07 Å². The normalized spacial score (nSPS) is 14.0. The van der Waals surface area contributed by atoms with Gasteiger partial charge in [-0.1, -0.05) is 202 Å². The van der Waals surface area contributed by atoms with Gasteiger partial charge in [-0.3, -0.25) is 0 Å². The van der Waals surface area contributed by atoms with Gasteiger partial charge in [-0.25, -0.2) is 0 Å². The molecule has 60 heavy (non-hydrogen) atoms. The van der Waals surface area contributed by atoms with Gasteiger partial charge in [0.25, 0.3) is 0 Å². The lowest BCUT2D eigenvalue weighted by molar-refractivity contribution is 0.660. The van der Waals surface area contributed by atoms with Crippen molar-refractivity contribution in [3.63, 3.8) is 0 Å². The van der Waals surface area contributed by atoms with Gasteiger partial charge in [0.1, 0.15) is 0 Å². The topological polar surface area (TPSA) is 3.24 Å². The third-order valence-corrected chi connectivity index (χ3v) is 19.2. The predicted molar refractivity (Wildman–Crippen MR) is 257 cm³/mol. The first kappa shape index (κ1) is 36.4. The van der Waals surface area contributed by atoms with Crippen LogP contribution in [0.5, 0.6) is 0 Å². The van der Waals surface area contributed by atoms with Gasteiger partial charge in [-0.05, 0) is 114 Å². The molecule has 0 spiro atoms. The molecule has 0 saturated carbocycles. The van der Waals surface area contributed by atoms with E-state index in [9.17, 15) is 0 Å². The van der Waals surface area contributed by atoms with Gasteiger partial charge in [-0.2, -0.15) is 0 Å². The lowest BCUT2D eigenvalue weighted by Crippen LogP contribution is -2.76. The van der Waals surface area contributed by atoms with Crippen molar-refractivity contribution in [2.24, 2.45) is 0 Å². The van der Waals surface area contributed by atoms with Crippen molar-refractivity contribution in [3.05, 3.63) is 236 Å². The van der Waals surface area contributed by atoms with Crippen LogP contribution < -0.4 is 25.6 Å². The average Bonchev–Trinajstić information content (AvgIpc) is 3.54. The van der Waals surface area contributed by atoms with E-state index >= 15 is 0 Å². The van der Waals surface area contributed by atoms with Crippen molar-refractivity contribution in [1.29, 1.82) is 0 Å². The van der Waals surface area contributed by atoms with Crippen molar-refractivity contribution in [3.8, 4) is 33.4 Å². The quantitative estimate of drug-likeness (QED) is 0.148. The number of benzene rings is 9. The van der Waals surface area contributed by atoms with Crippen LogP contribution in [-0.2, 0) is 5.41 Å². The highest BCUT2D eigenvalue weighted by Crippen LogP contribution is 2.50. The molecule has 0 fully saturated rings. The average molecular weight is 802 g/mol. The van der Waals surface area contributed by atoms with Crippen molar-refractivity contribution >= 4 is 57.6 Å². The predicted octanol–water partition coefficient (Wildman–Crippen LogP) is 12.6. The fraction of sp³-hybridized carbons (Fsp3) is 0.0526. The van der Waals surface area contributed by atoms with Gasteiger partial charge >= 0.3 is 0 Å². The molecule has 1 nitrogen and oxygen atoms in total. The number of fused-ring (bicyclic) bond motifs is 5. The molecule has 0 unspecified atom stereocenters. The molecule has 3 heteroatoms. The van der Waals surface area contributed by atoms with Gasteiger partial charge in [-0.15, -0.1) is 0 Å². The smallest absolute Gasteiger partial charge is 0.181 e. The van der Waals surface area contributed by atoms with Crippen molar-refractivity contribution in [2.75, 3.05) is 4.90 Å². The van der Waals surface area contributed by atoms with Crippen LogP contribution in [0.15, 0.2) is 234 Å². The summed E-state index contributed by atoms with van der Waals surface area (Å²) in [6.45, 7) is 4.72. The summed E-state index contributed by atoms with van der Waals surface area (Å²) in [4.78, 5) is 5.12. The number of hydrogen-bond donors (Lipinski definition) is 0. The minimum atomic E-state index is -2.66. The molecule has 0 radical (unpaired) electrons. The fourth-order valence-corrected chi connectivity index (χ4v) is 16.9. The molecule has 0 atom stereocenters. The lowest BCUT2D eigenvalue weighted by atomic mass is 9.82. The Morgan fingerprint density at radius 3 is 1.52 bits per heavy atom. The molecule has 0 bridgehead atoms.